The Morgan fingerprint density at radius 1 is 1.50 bits per heavy atom. The molecule has 1 atom stereocenters. The van der Waals surface area contributed by atoms with Gasteiger partial charge in [-0.3, -0.25) is 14.2 Å². The smallest absolute Gasteiger partial charge is 0.328 e. The molecule has 2 heterocycles. The predicted octanol–water partition coefficient (Wildman–Crippen LogP) is 1.33. The molecular formula is C13H16ClN5O3. The number of aliphatic carboxylic acids is 1. The maximum atomic E-state index is 12.0. The molecule has 2 aromatic rings. The van der Waals surface area contributed by atoms with Gasteiger partial charge in [0, 0.05) is 12.7 Å². The van der Waals surface area contributed by atoms with E-state index in [1.807, 2.05) is 6.92 Å². The van der Waals surface area contributed by atoms with E-state index in [1.165, 1.54) is 30.1 Å². The number of amides is 1. The quantitative estimate of drug-likeness (QED) is 0.834. The summed E-state index contributed by atoms with van der Waals surface area (Å²) < 4.78 is 2.91. The number of carbonyl (C=O) groups is 2. The highest BCUT2D eigenvalue weighted by Gasteiger charge is 2.17. The molecule has 0 fully saturated rings. The van der Waals surface area contributed by atoms with Crippen LogP contribution in [0.2, 0.25) is 5.02 Å². The summed E-state index contributed by atoms with van der Waals surface area (Å²) in [6.45, 7) is 4.26. The summed E-state index contributed by atoms with van der Waals surface area (Å²) >= 11 is 6.01. The van der Waals surface area contributed by atoms with Crippen LogP contribution in [0.4, 0.5) is 0 Å². The van der Waals surface area contributed by atoms with Crippen LogP contribution in [0.15, 0.2) is 18.5 Å². The Hall–Kier alpha value is -2.35. The van der Waals surface area contributed by atoms with Gasteiger partial charge in [-0.05, 0) is 19.9 Å². The average molecular weight is 326 g/mol. The van der Waals surface area contributed by atoms with Crippen molar-refractivity contribution in [1.29, 1.82) is 0 Å². The molecule has 0 aliphatic heterocycles. The van der Waals surface area contributed by atoms with E-state index < -0.39 is 17.9 Å². The minimum atomic E-state index is -1.02. The van der Waals surface area contributed by atoms with Crippen molar-refractivity contribution in [2.45, 2.75) is 33.0 Å². The first-order valence-corrected chi connectivity index (χ1v) is 7.08. The molecule has 0 saturated heterocycles. The molecule has 0 radical (unpaired) electrons. The van der Waals surface area contributed by atoms with Gasteiger partial charge in [0.2, 0.25) is 0 Å². The molecule has 2 aromatic heterocycles. The van der Waals surface area contributed by atoms with Crippen LogP contribution in [0.5, 0.6) is 0 Å². The van der Waals surface area contributed by atoms with Gasteiger partial charge in [0.1, 0.15) is 11.7 Å². The molecule has 0 spiro atoms. The van der Waals surface area contributed by atoms with Crippen LogP contribution < -0.4 is 5.32 Å². The number of aromatic nitrogens is 4. The fraction of sp³-hybridized carbons (Fsp3) is 0.385. The van der Waals surface area contributed by atoms with E-state index in [0.29, 0.717) is 17.3 Å². The SMILES string of the molecule is CCn1ncc(Cl)c1CNC(=O)c1ccn(C(C)C(=O)O)n1. The first-order valence-electron chi connectivity index (χ1n) is 6.70. The zero-order valence-corrected chi connectivity index (χ0v) is 12.9. The highest BCUT2D eigenvalue weighted by molar-refractivity contribution is 6.31. The molecule has 118 valence electrons. The van der Waals surface area contributed by atoms with E-state index in [1.54, 1.807) is 4.68 Å². The summed E-state index contributed by atoms with van der Waals surface area (Å²) in [4.78, 5) is 22.9. The fourth-order valence-corrected chi connectivity index (χ4v) is 2.09. The molecule has 1 unspecified atom stereocenters. The number of nitrogens with zero attached hydrogens (tertiary/aromatic N) is 4. The van der Waals surface area contributed by atoms with Gasteiger partial charge in [-0.2, -0.15) is 10.2 Å². The number of hydrogen-bond donors (Lipinski definition) is 2. The monoisotopic (exact) mass is 325 g/mol. The summed E-state index contributed by atoms with van der Waals surface area (Å²) in [5.41, 5.74) is 0.850. The van der Waals surface area contributed by atoms with Crippen LogP contribution in [-0.2, 0) is 17.9 Å². The van der Waals surface area contributed by atoms with Crippen LogP contribution in [-0.4, -0.2) is 36.5 Å². The average Bonchev–Trinajstić information content (AvgIpc) is 3.10. The highest BCUT2D eigenvalue weighted by Crippen LogP contribution is 2.15. The van der Waals surface area contributed by atoms with E-state index in [9.17, 15) is 9.59 Å². The zero-order valence-electron chi connectivity index (χ0n) is 12.2. The van der Waals surface area contributed by atoms with Gasteiger partial charge in [-0.15, -0.1) is 0 Å². The van der Waals surface area contributed by atoms with E-state index in [2.05, 4.69) is 15.5 Å². The molecule has 0 aliphatic carbocycles. The van der Waals surface area contributed by atoms with Crippen molar-refractivity contribution in [2.24, 2.45) is 0 Å². The Kier molecular flexibility index (Phi) is 4.81. The molecule has 8 nitrogen and oxygen atoms in total. The number of halogens is 1. The molecule has 0 aromatic carbocycles. The van der Waals surface area contributed by atoms with Gasteiger partial charge in [-0.25, -0.2) is 4.79 Å². The molecule has 9 heteroatoms. The molecule has 0 bridgehead atoms. The number of aryl methyl sites for hydroxylation is 1. The third-order valence-electron chi connectivity index (χ3n) is 3.21. The van der Waals surface area contributed by atoms with Crippen molar-refractivity contribution in [3.05, 3.63) is 34.9 Å². The summed E-state index contributed by atoms with van der Waals surface area (Å²) in [6, 6.07) is 0.630. The summed E-state index contributed by atoms with van der Waals surface area (Å²) in [7, 11) is 0. The van der Waals surface area contributed by atoms with Gasteiger partial charge >= 0.3 is 5.97 Å². The van der Waals surface area contributed by atoms with Crippen molar-refractivity contribution in [3.8, 4) is 0 Å². The van der Waals surface area contributed by atoms with E-state index in [0.717, 1.165) is 0 Å². The minimum absolute atomic E-state index is 0.145. The molecule has 22 heavy (non-hydrogen) atoms. The summed E-state index contributed by atoms with van der Waals surface area (Å²) in [5, 5.41) is 20.1. The molecule has 1 amide bonds. The lowest BCUT2D eigenvalue weighted by molar-refractivity contribution is -0.140. The van der Waals surface area contributed by atoms with E-state index in [4.69, 9.17) is 16.7 Å². The molecule has 2 rings (SSSR count). The van der Waals surface area contributed by atoms with Crippen molar-refractivity contribution in [1.82, 2.24) is 24.9 Å². The van der Waals surface area contributed by atoms with Crippen LogP contribution in [0.25, 0.3) is 0 Å². The van der Waals surface area contributed by atoms with Gasteiger partial charge in [0.15, 0.2) is 0 Å². The Morgan fingerprint density at radius 3 is 2.86 bits per heavy atom. The predicted molar refractivity (Wildman–Crippen MR) is 78.7 cm³/mol. The molecular weight excluding hydrogens is 310 g/mol. The highest BCUT2D eigenvalue weighted by atomic mass is 35.5. The normalized spacial score (nSPS) is 12.1. The van der Waals surface area contributed by atoms with E-state index in [-0.39, 0.29) is 12.2 Å². The van der Waals surface area contributed by atoms with Crippen LogP contribution in [0.3, 0.4) is 0 Å². The second-order valence-electron chi connectivity index (χ2n) is 4.63. The number of nitrogens with one attached hydrogen (secondary N) is 1. The maximum Gasteiger partial charge on any atom is 0.328 e. The Labute approximate surface area is 131 Å². The second-order valence-corrected chi connectivity index (χ2v) is 5.04. The number of carbonyl (C=O) groups excluding carboxylic acids is 1. The zero-order chi connectivity index (χ0) is 16.3. The van der Waals surface area contributed by atoms with Crippen molar-refractivity contribution < 1.29 is 14.7 Å². The number of carboxylic acids is 1. The number of hydrogen-bond acceptors (Lipinski definition) is 4. The molecule has 0 aliphatic rings. The van der Waals surface area contributed by atoms with Crippen LogP contribution >= 0.6 is 11.6 Å². The summed E-state index contributed by atoms with van der Waals surface area (Å²) in [6.07, 6.45) is 2.98. The third-order valence-corrected chi connectivity index (χ3v) is 3.52. The van der Waals surface area contributed by atoms with E-state index >= 15 is 0 Å². The maximum absolute atomic E-state index is 12.0. The fourth-order valence-electron chi connectivity index (χ4n) is 1.88. The Morgan fingerprint density at radius 2 is 2.23 bits per heavy atom. The molecule has 2 N–H and O–H groups in total. The number of carboxylic acid groups (broad SMARTS) is 1. The minimum Gasteiger partial charge on any atom is -0.480 e. The largest absolute Gasteiger partial charge is 0.480 e. The lowest BCUT2D eigenvalue weighted by atomic mass is 10.3. The third kappa shape index (κ3) is 3.28. The van der Waals surface area contributed by atoms with Gasteiger partial charge in [0.25, 0.3) is 5.91 Å². The van der Waals surface area contributed by atoms with Gasteiger partial charge in [-0.1, -0.05) is 11.6 Å². The van der Waals surface area contributed by atoms with Crippen molar-refractivity contribution in [2.75, 3.05) is 0 Å². The van der Waals surface area contributed by atoms with Crippen molar-refractivity contribution >= 4 is 23.5 Å². The first kappa shape index (κ1) is 16.0. The summed E-state index contributed by atoms with van der Waals surface area (Å²) in [5.74, 6) is -1.43. The lowest BCUT2D eigenvalue weighted by Crippen LogP contribution is -2.25. The van der Waals surface area contributed by atoms with Crippen LogP contribution in [0, 0.1) is 0 Å². The Balaban J connectivity index is 2.04. The topological polar surface area (TPSA) is 102 Å². The standard InChI is InChI=1S/C13H16ClN5O3/c1-3-18-11(9(14)6-16-18)7-15-12(20)10-4-5-19(17-10)8(2)13(21)22/h4-6,8H,3,7H2,1-2H3,(H,15,20)(H,21,22). The lowest BCUT2D eigenvalue weighted by Gasteiger charge is -2.07. The Bertz CT molecular complexity index is 694. The first-order chi connectivity index (χ1) is 10.4. The van der Waals surface area contributed by atoms with Crippen molar-refractivity contribution in [3.63, 3.8) is 0 Å². The van der Waals surface area contributed by atoms with Crippen LogP contribution in [0.1, 0.15) is 36.1 Å². The number of rotatable bonds is 6. The van der Waals surface area contributed by atoms with Gasteiger partial charge < -0.3 is 10.4 Å². The van der Waals surface area contributed by atoms with Gasteiger partial charge in [0.05, 0.1) is 23.5 Å². The second kappa shape index (κ2) is 6.61. The molecule has 0 saturated carbocycles.